The Balaban J connectivity index is 1.86. The average Bonchev–Trinajstić information content (AvgIpc) is 3.14. The van der Waals surface area contributed by atoms with Crippen molar-refractivity contribution in [2.45, 2.75) is 26.3 Å². The molecule has 1 aliphatic rings. The van der Waals surface area contributed by atoms with Crippen LogP contribution in [0.2, 0.25) is 0 Å². The minimum absolute atomic E-state index is 0.122. The fourth-order valence-corrected chi connectivity index (χ4v) is 2.57. The van der Waals surface area contributed by atoms with Crippen LogP contribution >= 0.6 is 15.9 Å². The van der Waals surface area contributed by atoms with Gasteiger partial charge in [0.15, 0.2) is 0 Å². The van der Waals surface area contributed by atoms with E-state index in [2.05, 4.69) is 28.2 Å². The lowest BCUT2D eigenvalue weighted by Crippen LogP contribution is -2.22. The molecule has 18 heavy (non-hydrogen) atoms. The lowest BCUT2D eigenvalue weighted by Gasteiger charge is -2.12. The fourth-order valence-electron chi connectivity index (χ4n) is 2.06. The third-order valence-electron chi connectivity index (χ3n) is 3.46. The van der Waals surface area contributed by atoms with E-state index in [4.69, 9.17) is 0 Å². The molecule has 1 N–H and O–H groups in total. The molecule has 1 saturated carbocycles. The molecule has 0 radical (unpaired) electrons. The van der Waals surface area contributed by atoms with E-state index in [0.29, 0.717) is 0 Å². The molecule has 0 spiro atoms. The molecule has 1 unspecified atom stereocenters. The maximum atomic E-state index is 10.6. The molecule has 4 nitrogen and oxygen atoms in total. The number of non-ortho nitro benzene ring substituents is 1. The topological polar surface area (TPSA) is 55.2 Å². The fraction of sp³-hybridized carbons (Fsp3) is 0.538. The minimum atomic E-state index is -0.378. The van der Waals surface area contributed by atoms with Crippen molar-refractivity contribution in [3.8, 4) is 0 Å². The van der Waals surface area contributed by atoms with Crippen molar-refractivity contribution in [3.05, 3.63) is 38.3 Å². The molecule has 1 atom stereocenters. The monoisotopic (exact) mass is 312 g/mol. The molecule has 2 rings (SSSR count). The molecule has 1 aromatic rings. The second kappa shape index (κ2) is 5.80. The number of hydrogen-bond donors (Lipinski definition) is 1. The standard InChI is InChI=1S/C13H17BrN2O2/c1-9(10-2-3-10)7-15-8-11-4-5-12(16(17)18)6-13(11)14/h4-6,9-10,15H,2-3,7-8H2,1H3. The third-order valence-corrected chi connectivity index (χ3v) is 4.19. The first-order chi connectivity index (χ1) is 8.58. The van der Waals surface area contributed by atoms with Gasteiger partial charge in [-0.25, -0.2) is 0 Å². The van der Waals surface area contributed by atoms with Crippen molar-refractivity contribution in [1.29, 1.82) is 0 Å². The van der Waals surface area contributed by atoms with Crippen LogP contribution in [0.25, 0.3) is 0 Å². The first kappa shape index (κ1) is 13.5. The number of nitro benzene ring substituents is 1. The number of nitrogens with one attached hydrogen (secondary N) is 1. The van der Waals surface area contributed by atoms with Crippen LogP contribution in [0.3, 0.4) is 0 Å². The van der Waals surface area contributed by atoms with E-state index in [-0.39, 0.29) is 10.6 Å². The summed E-state index contributed by atoms with van der Waals surface area (Å²) in [5.41, 5.74) is 1.18. The zero-order chi connectivity index (χ0) is 13.1. The van der Waals surface area contributed by atoms with E-state index in [9.17, 15) is 10.1 Å². The van der Waals surface area contributed by atoms with Crippen molar-refractivity contribution in [2.75, 3.05) is 6.54 Å². The van der Waals surface area contributed by atoms with E-state index in [0.717, 1.165) is 35.0 Å². The number of benzene rings is 1. The Bertz CT molecular complexity index is 447. The Morgan fingerprint density at radius 3 is 2.83 bits per heavy atom. The molecule has 98 valence electrons. The van der Waals surface area contributed by atoms with Gasteiger partial charge in [0, 0.05) is 23.2 Å². The van der Waals surface area contributed by atoms with Gasteiger partial charge >= 0.3 is 0 Å². The van der Waals surface area contributed by atoms with Gasteiger partial charge in [-0.2, -0.15) is 0 Å². The third kappa shape index (κ3) is 3.53. The number of hydrogen-bond acceptors (Lipinski definition) is 3. The van der Waals surface area contributed by atoms with Crippen molar-refractivity contribution in [3.63, 3.8) is 0 Å². The molecule has 0 amide bonds. The van der Waals surface area contributed by atoms with E-state index in [1.165, 1.54) is 12.8 Å². The first-order valence-electron chi connectivity index (χ1n) is 6.21. The first-order valence-corrected chi connectivity index (χ1v) is 7.00. The van der Waals surface area contributed by atoms with Crippen LogP contribution < -0.4 is 5.32 Å². The van der Waals surface area contributed by atoms with Gasteiger partial charge in [-0.1, -0.05) is 22.9 Å². The van der Waals surface area contributed by atoms with Gasteiger partial charge in [0.2, 0.25) is 0 Å². The summed E-state index contributed by atoms with van der Waals surface area (Å²) in [7, 11) is 0. The van der Waals surface area contributed by atoms with Crippen molar-refractivity contribution in [2.24, 2.45) is 11.8 Å². The summed E-state index contributed by atoms with van der Waals surface area (Å²) >= 11 is 3.38. The highest BCUT2D eigenvalue weighted by atomic mass is 79.9. The van der Waals surface area contributed by atoms with Crippen LogP contribution in [0.15, 0.2) is 22.7 Å². The van der Waals surface area contributed by atoms with Crippen LogP contribution in [-0.4, -0.2) is 11.5 Å². The predicted octanol–water partition coefficient (Wildman–Crippen LogP) is 3.49. The normalized spacial score (nSPS) is 16.6. The van der Waals surface area contributed by atoms with Gasteiger partial charge in [-0.3, -0.25) is 10.1 Å². The summed E-state index contributed by atoms with van der Waals surface area (Å²) in [6.45, 7) is 4.03. The van der Waals surface area contributed by atoms with E-state index >= 15 is 0 Å². The van der Waals surface area contributed by atoms with Crippen molar-refractivity contribution >= 4 is 21.6 Å². The maximum absolute atomic E-state index is 10.6. The number of nitrogens with zero attached hydrogens (tertiary/aromatic N) is 1. The molecular weight excluding hydrogens is 296 g/mol. The quantitative estimate of drug-likeness (QED) is 0.646. The average molecular weight is 313 g/mol. The molecule has 1 aliphatic carbocycles. The van der Waals surface area contributed by atoms with Crippen molar-refractivity contribution in [1.82, 2.24) is 5.32 Å². The van der Waals surface area contributed by atoms with Gasteiger partial charge in [-0.15, -0.1) is 0 Å². The van der Waals surface area contributed by atoms with E-state index in [1.54, 1.807) is 18.2 Å². The summed E-state index contributed by atoms with van der Waals surface area (Å²) in [5.74, 6) is 1.62. The van der Waals surface area contributed by atoms with Crippen molar-refractivity contribution < 1.29 is 4.92 Å². The number of nitro groups is 1. The van der Waals surface area contributed by atoms with Crippen LogP contribution in [0, 0.1) is 22.0 Å². The lowest BCUT2D eigenvalue weighted by atomic mass is 10.1. The molecule has 0 aromatic heterocycles. The second-order valence-corrected chi connectivity index (χ2v) is 5.83. The van der Waals surface area contributed by atoms with Gasteiger partial charge in [-0.05, 0) is 42.9 Å². The highest BCUT2D eigenvalue weighted by Gasteiger charge is 2.27. The van der Waals surface area contributed by atoms with Crippen LogP contribution in [0.1, 0.15) is 25.3 Å². The molecule has 1 fully saturated rings. The summed E-state index contributed by atoms with van der Waals surface area (Å²) in [4.78, 5) is 10.2. The minimum Gasteiger partial charge on any atom is -0.312 e. The highest BCUT2D eigenvalue weighted by molar-refractivity contribution is 9.10. The summed E-state index contributed by atoms with van der Waals surface area (Å²) in [6, 6.07) is 4.91. The molecule has 5 heteroatoms. The predicted molar refractivity (Wildman–Crippen MR) is 74.4 cm³/mol. The maximum Gasteiger partial charge on any atom is 0.270 e. The van der Waals surface area contributed by atoms with Crippen LogP contribution in [0.4, 0.5) is 5.69 Å². The molecule has 0 heterocycles. The van der Waals surface area contributed by atoms with Gasteiger partial charge in [0.1, 0.15) is 0 Å². The van der Waals surface area contributed by atoms with E-state index in [1.807, 2.05) is 0 Å². The summed E-state index contributed by atoms with van der Waals surface area (Å²) in [5, 5.41) is 14.0. The Hall–Kier alpha value is -0.940. The summed E-state index contributed by atoms with van der Waals surface area (Å²) < 4.78 is 0.795. The Labute approximate surface area is 115 Å². The Morgan fingerprint density at radius 2 is 2.28 bits per heavy atom. The zero-order valence-electron chi connectivity index (χ0n) is 10.4. The zero-order valence-corrected chi connectivity index (χ0v) is 11.9. The summed E-state index contributed by atoms with van der Waals surface area (Å²) in [6.07, 6.45) is 2.73. The number of rotatable bonds is 6. The van der Waals surface area contributed by atoms with Gasteiger partial charge < -0.3 is 5.32 Å². The molecule has 1 aromatic carbocycles. The van der Waals surface area contributed by atoms with Gasteiger partial charge in [0.25, 0.3) is 5.69 Å². The molecule has 0 aliphatic heterocycles. The van der Waals surface area contributed by atoms with Gasteiger partial charge in [0.05, 0.1) is 4.92 Å². The number of halogens is 1. The van der Waals surface area contributed by atoms with E-state index < -0.39 is 0 Å². The Kier molecular flexibility index (Phi) is 4.35. The van der Waals surface area contributed by atoms with Crippen LogP contribution in [-0.2, 0) is 6.54 Å². The second-order valence-electron chi connectivity index (χ2n) is 4.98. The molecule has 0 saturated heterocycles. The van der Waals surface area contributed by atoms with Crippen LogP contribution in [0.5, 0.6) is 0 Å². The Morgan fingerprint density at radius 1 is 1.56 bits per heavy atom. The molecule has 0 bridgehead atoms. The smallest absolute Gasteiger partial charge is 0.270 e. The highest BCUT2D eigenvalue weighted by Crippen LogP contribution is 2.36. The molecular formula is C13H17BrN2O2. The largest absolute Gasteiger partial charge is 0.312 e. The lowest BCUT2D eigenvalue weighted by molar-refractivity contribution is -0.384. The SMILES string of the molecule is CC(CNCc1ccc([N+](=O)[O-])cc1Br)C1CC1.